The summed E-state index contributed by atoms with van der Waals surface area (Å²) in [4.78, 5) is 27.2. The molecule has 2 N–H and O–H groups in total. The number of rotatable bonds is 6. The van der Waals surface area contributed by atoms with Crippen LogP contribution in [0.3, 0.4) is 0 Å². The topological polar surface area (TPSA) is 76.7 Å². The molecular formula is C27H28N2O4S. The molecule has 1 unspecified atom stereocenters. The van der Waals surface area contributed by atoms with Gasteiger partial charge in [0, 0.05) is 28.5 Å². The van der Waals surface area contributed by atoms with Crippen LogP contribution in [0.25, 0.3) is 6.08 Å². The smallest absolute Gasteiger partial charge is 0.268 e. The van der Waals surface area contributed by atoms with E-state index in [9.17, 15) is 9.59 Å². The molecule has 4 rings (SSSR count). The van der Waals surface area contributed by atoms with Crippen molar-refractivity contribution < 1.29 is 19.1 Å². The molecule has 2 heterocycles. The molecule has 6 nitrogen and oxygen atoms in total. The average Bonchev–Trinajstić information content (AvgIpc) is 3.31. The number of thiophene rings is 1. The Morgan fingerprint density at radius 1 is 1.15 bits per heavy atom. The van der Waals surface area contributed by atoms with Crippen molar-refractivity contribution >= 4 is 29.2 Å². The standard InChI is InChI=1S/C27H28N2O4S/c1-17-7-9-18(10-8-17)25(30)28-22(15-20-6-5-13-34-20)26(31)29-23-16-27(2,3)33-24-14-19(32-4)11-12-21(23)24/h5-15,23H,16H2,1-4H3,(H,28,30)(H,29,31)/b22-15-. The van der Waals surface area contributed by atoms with Gasteiger partial charge >= 0.3 is 0 Å². The van der Waals surface area contributed by atoms with Gasteiger partial charge in [0.05, 0.1) is 13.2 Å². The van der Waals surface area contributed by atoms with E-state index in [1.165, 1.54) is 11.3 Å². The monoisotopic (exact) mass is 476 g/mol. The molecule has 1 aliphatic heterocycles. The molecule has 2 amide bonds. The van der Waals surface area contributed by atoms with Gasteiger partial charge in [-0.05, 0) is 62.6 Å². The van der Waals surface area contributed by atoms with Crippen molar-refractivity contribution in [3.8, 4) is 11.5 Å². The average molecular weight is 477 g/mol. The Balaban J connectivity index is 1.61. The Morgan fingerprint density at radius 3 is 2.59 bits per heavy atom. The molecule has 1 aliphatic rings. The molecule has 0 bridgehead atoms. The first-order valence-corrected chi connectivity index (χ1v) is 11.9. The van der Waals surface area contributed by atoms with E-state index in [0.29, 0.717) is 23.5 Å². The fourth-order valence-corrected chi connectivity index (χ4v) is 4.55. The largest absolute Gasteiger partial charge is 0.497 e. The summed E-state index contributed by atoms with van der Waals surface area (Å²) in [5.74, 6) is 0.660. The van der Waals surface area contributed by atoms with E-state index in [4.69, 9.17) is 9.47 Å². The summed E-state index contributed by atoms with van der Waals surface area (Å²) in [6.07, 6.45) is 2.28. The number of amides is 2. The van der Waals surface area contributed by atoms with E-state index < -0.39 is 5.60 Å². The van der Waals surface area contributed by atoms with Gasteiger partial charge in [-0.3, -0.25) is 9.59 Å². The van der Waals surface area contributed by atoms with Gasteiger partial charge in [0.2, 0.25) is 0 Å². The van der Waals surface area contributed by atoms with Gasteiger partial charge < -0.3 is 20.1 Å². The second-order valence-electron chi connectivity index (χ2n) is 8.89. The normalized spacial score (nSPS) is 16.7. The van der Waals surface area contributed by atoms with Crippen LogP contribution in [-0.4, -0.2) is 24.5 Å². The molecule has 0 spiro atoms. The highest BCUT2D eigenvalue weighted by molar-refractivity contribution is 7.10. The molecule has 1 atom stereocenters. The molecule has 176 valence electrons. The molecule has 0 radical (unpaired) electrons. The van der Waals surface area contributed by atoms with Crippen LogP contribution in [0.2, 0.25) is 0 Å². The lowest BCUT2D eigenvalue weighted by Gasteiger charge is -2.38. The van der Waals surface area contributed by atoms with Gasteiger partial charge in [-0.25, -0.2) is 0 Å². The van der Waals surface area contributed by atoms with Gasteiger partial charge in [-0.1, -0.05) is 23.8 Å². The van der Waals surface area contributed by atoms with E-state index in [1.54, 1.807) is 25.3 Å². The third kappa shape index (κ3) is 5.48. The summed E-state index contributed by atoms with van der Waals surface area (Å²) >= 11 is 1.49. The number of fused-ring (bicyclic) bond motifs is 1. The molecule has 3 aromatic rings. The summed E-state index contributed by atoms with van der Waals surface area (Å²) in [5.41, 5.74) is 2.11. The maximum absolute atomic E-state index is 13.4. The zero-order valence-electron chi connectivity index (χ0n) is 19.7. The number of methoxy groups -OCH3 is 1. The lowest BCUT2D eigenvalue weighted by atomic mass is 9.89. The fraction of sp³-hybridized carbons (Fsp3) is 0.259. The Bertz CT molecular complexity index is 1210. The van der Waals surface area contributed by atoms with E-state index in [2.05, 4.69) is 10.6 Å². The van der Waals surface area contributed by atoms with Gasteiger partial charge in [-0.2, -0.15) is 0 Å². The first-order valence-electron chi connectivity index (χ1n) is 11.0. The predicted octanol–water partition coefficient (Wildman–Crippen LogP) is 5.25. The van der Waals surface area contributed by atoms with Crippen LogP contribution in [-0.2, 0) is 4.79 Å². The van der Waals surface area contributed by atoms with Crippen LogP contribution in [0.5, 0.6) is 11.5 Å². The molecule has 0 aliphatic carbocycles. The summed E-state index contributed by atoms with van der Waals surface area (Å²) in [6, 6.07) is 16.3. The number of benzene rings is 2. The lowest BCUT2D eigenvalue weighted by Crippen LogP contribution is -2.43. The zero-order valence-corrected chi connectivity index (χ0v) is 20.5. The van der Waals surface area contributed by atoms with Crippen molar-refractivity contribution in [3.05, 3.63) is 87.2 Å². The zero-order chi connectivity index (χ0) is 24.3. The van der Waals surface area contributed by atoms with E-state index >= 15 is 0 Å². The molecule has 34 heavy (non-hydrogen) atoms. The van der Waals surface area contributed by atoms with Crippen LogP contribution in [0.15, 0.2) is 65.7 Å². The van der Waals surface area contributed by atoms with Crippen molar-refractivity contribution in [1.82, 2.24) is 10.6 Å². The number of aryl methyl sites for hydroxylation is 1. The molecule has 1 aromatic heterocycles. The van der Waals surface area contributed by atoms with Crippen LogP contribution in [0.1, 0.15) is 52.7 Å². The second kappa shape index (κ2) is 9.73. The number of hydrogen-bond acceptors (Lipinski definition) is 5. The molecule has 0 fully saturated rings. The number of nitrogens with one attached hydrogen (secondary N) is 2. The number of carbonyl (C=O) groups excluding carboxylic acids is 2. The van der Waals surface area contributed by atoms with Crippen molar-refractivity contribution in [1.29, 1.82) is 0 Å². The van der Waals surface area contributed by atoms with Gasteiger partial charge in [0.15, 0.2) is 0 Å². The van der Waals surface area contributed by atoms with Gasteiger partial charge in [0.25, 0.3) is 11.8 Å². The molecule has 7 heteroatoms. The lowest BCUT2D eigenvalue weighted by molar-refractivity contribution is -0.119. The third-order valence-corrected chi connectivity index (χ3v) is 6.44. The van der Waals surface area contributed by atoms with Gasteiger partial charge in [-0.15, -0.1) is 11.3 Å². The third-order valence-electron chi connectivity index (χ3n) is 5.62. The highest BCUT2D eigenvalue weighted by Gasteiger charge is 2.35. The van der Waals surface area contributed by atoms with E-state index in [1.807, 2.05) is 68.6 Å². The predicted molar refractivity (Wildman–Crippen MR) is 134 cm³/mol. The minimum absolute atomic E-state index is 0.187. The highest BCUT2D eigenvalue weighted by Crippen LogP contribution is 2.41. The minimum atomic E-state index is -0.486. The summed E-state index contributed by atoms with van der Waals surface area (Å²) in [6.45, 7) is 5.92. The Hall–Kier alpha value is -3.58. The van der Waals surface area contributed by atoms with Crippen molar-refractivity contribution in [2.75, 3.05) is 7.11 Å². The summed E-state index contributed by atoms with van der Waals surface area (Å²) in [7, 11) is 1.60. The van der Waals surface area contributed by atoms with E-state index in [0.717, 1.165) is 16.0 Å². The molecular weight excluding hydrogens is 448 g/mol. The first kappa shape index (κ1) is 23.6. The molecule has 2 aromatic carbocycles. The van der Waals surface area contributed by atoms with Crippen molar-refractivity contribution in [2.24, 2.45) is 0 Å². The Kier molecular flexibility index (Phi) is 6.75. The summed E-state index contributed by atoms with van der Waals surface area (Å²) in [5, 5.41) is 7.84. The minimum Gasteiger partial charge on any atom is -0.497 e. The Morgan fingerprint density at radius 2 is 1.91 bits per heavy atom. The number of hydrogen-bond donors (Lipinski definition) is 2. The quantitative estimate of drug-likeness (QED) is 0.476. The van der Waals surface area contributed by atoms with Crippen LogP contribution in [0.4, 0.5) is 0 Å². The maximum atomic E-state index is 13.4. The molecule has 0 saturated carbocycles. The second-order valence-corrected chi connectivity index (χ2v) is 9.87. The summed E-state index contributed by atoms with van der Waals surface area (Å²) < 4.78 is 11.5. The SMILES string of the molecule is COc1ccc2c(c1)OC(C)(C)CC2NC(=O)/C(=C/c1cccs1)NC(=O)c1ccc(C)cc1. The number of carbonyl (C=O) groups is 2. The fourth-order valence-electron chi connectivity index (χ4n) is 3.90. The highest BCUT2D eigenvalue weighted by atomic mass is 32.1. The van der Waals surface area contributed by atoms with Crippen molar-refractivity contribution in [3.63, 3.8) is 0 Å². The van der Waals surface area contributed by atoms with E-state index in [-0.39, 0.29) is 23.6 Å². The van der Waals surface area contributed by atoms with Crippen LogP contribution < -0.4 is 20.1 Å². The van der Waals surface area contributed by atoms with Crippen LogP contribution >= 0.6 is 11.3 Å². The van der Waals surface area contributed by atoms with Gasteiger partial charge in [0.1, 0.15) is 22.8 Å². The first-order chi connectivity index (χ1) is 16.2. The number of ether oxygens (including phenoxy) is 2. The van der Waals surface area contributed by atoms with Crippen molar-refractivity contribution in [2.45, 2.75) is 38.8 Å². The molecule has 0 saturated heterocycles. The maximum Gasteiger partial charge on any atom is 0.268 e. The van der Waals surface area contributed by atoms with Crippen LogP contribution in [0, 0.1) is 6.92 Å². The Labute approximate surface area is 203 Å².